The predicted octanol–water partition coefficient (Wildman–Crippen LogP) is 2.80. The molecule has 2 unspecified atom stereocenters. The maximum absolute atomic E-state index is 13.2. The minimum atomic E-state index is -0.489. The number of fused-ring (bicyclic) bond motifs is 2. The molecule has 8 heteroatoms. The maximum Gasteiger partial charge on any atom is 0.316 e. The summed E-state index contributed by atoms with van der Waals surface area (Å²) >= 11 is 0. The van der Waals surface area contributed by atoms with E-state index in [-0.39, 0.29) is 17.3 Å². The van der Waals surface area contributed by atoms with Crippen molar-refractivity contribution in [2.45, 2.75) is 44.9 Å². The second kappa shape index (κ2) is 6.83. The average molecular weight is 386 g/mol. The SMILES string of the molecule is O=C(c1onc2c1CCCC2)N1CC2CCCC2(COc2ncc(F)cn2)C1. The lowest BCUT2D eigenvalue weighted by molar-refractivity contribution is 0.0701. The topological polar surface area (TPSA) is 81.4 Å². The van der Waals surface area contributed by atoms with Gasteiger partial charge < -0.3 is 14.2 Å². The quantitative estimate of drug-likeness (QED) is 0.804. The molecule has 2 atom stereocenters. The Kier molecular flexibility index (Phi) is 4.29. The number of carbonyl (C=O) groups excluding carboxylic acids is 1. The van der Waals surface area contributed by atoms with Crippen LogP contribution in [0.4, 0.5) is 4.39 Å². The average Bonchev–Trinajstić information content (AvgIpc) is 3.39. The van der Waals surface area contributed by atoms with Gasteiger partial charge in [0, 0.05) is 24.1 Å². The maximum atomic E-state index is 13.2. The number of hydrogen-bond donors (Lipinski definition) is 0. The van der Waals surface area contributed by atoms with E-state index in [1.165, 1.54) is 0 Å². The van der Waals surface area contributed by atoms with Crippen molar-refractivity contribution >= 4 is 5.91 Å². The molecule has 0 N–H and O–H groups in total. The molecule has 2 aromatic rings. The fourth-order valence-corrected chi connectivity index (χ4v) is 5.09. The van der Waals surface area contributed by atoms with Crippen LogP contribution in [0.1, 0.15) is 53.9 Å². The van der Waals surface area contributed by atoms with Crippen LogP contribution in [0, 0.1) is 17.2 Å². The molecule has 2 fully saturated rings. The number of amides is 1. The molecule has 148 valence electrons. The van der Waals surface area contributed by atoms with Gasteiger partial charge in [0.15, 0.2) is 5.82 Å². The van der Waals surface area contributed by atoms with E-state index in [2.05, 4.69) is 15.1 Å². The van der Waals surface area contributed by atoms with Gasteiger partial charge in [0.05, 0.1) is 24.7 Å². The standard InChI is InChI=1S/C20H23FN4O3/c21-14-8-22-19(23-9-14)27-12-20-7-3-4-13(20)10-25(11-20)18(26)17-15-5-1-2-6-16(15)24-28-17/h8-9,13H,1-7,10-12H2. The second-order valence-corrected chi connectivity index (χ2v) is 8.25. The molecule has 2 aromatic heterocycles. The van der Waals surface area contributed by atoms with Gasteiger partial charge in [-0.1, -0.05) is 11.6 Å². The zero-order valence-corrected chi connectivity index (χ0v) is 15.7. The van der Waals surface area contributed by atoms with Gasteiger partial charge >= 0.3 is 6.01 Å². The van der Waals surface area contributed by atoms with Gasteiger partial charge in [-0.25, -0.2) is 14.4 Å². The molecule has 5 rings (SSSR count). The van der Waals surface area contributed by atoms with Crippen LogP contribution in [0.15, 0.2) is 16.9 Å². The van der Waals surface area contributed by atoms with Crippen molar-refractivity contribution in [1.29, 1.82) is 0 Å². The van der Waals surface area contributed by atoms with Gasteiger partial charge in [0.25, 0.3) is 5.91 Å². The first-order chi connectivity index (χ1) is 13.6. The summed E-state index contributed by atoms with van der Waals surface area (Å²) in [5, 5.41) is 4.13. The Morgan fingerprint density at radius 3 is 2.96 bits per heavy atom. The van der Waals surface area contributed by atoms with Crippen LogP contribution in [-0.4, -0.2) is 45.6 Å². The molecule has 0 radical (unpaired) electrons. The predicted molar refractivity (Wildman–Crippen MR) is 96.3 cm³/mol. The Morgan fingerprint density at radius 1 is 1.29 bits per heavy atom. The molecular weight excluding hydrogens is 363 g/mol. The number of hydrogen-bond acceptors (Lipinski definition) is 6. The second-order valence-electron chi connectivity index (χ2n) is 8.25. The van der Waals surface area contributed by atoms with E-state index < -0.39 is 5.82 Å². The highest BCUT2D eigenvalue weighted by molar-refractivity contribution is 5.93. The van der Waals surface area contributed by atoms with E-state index in [1.807, 2.05) is 4.90 Å². The summed E-state index contributed by atoms with van der Waals surface area (Å²) in [6, 6.07) is 0.176. The van der Waals surface area contributed by atoms with E-state index in [4.69, 9.17) is 9.26 Å². The number of ether oxygens (including phenoxy) is 1. The smallest absolute Gasteiger partial charge is 0.316 e. The third kappa shape index (κ3) is 2.95. The van der Waals surface area contributed by atoms with Crippen molar-refractivity contribution in [1.82, 2.24) is 20.0 Å². The van der Waals surface area contributed by atoms with E-state index in [1.54, 1.807) is 0 Å². The molecule has 1 saturated heterocycles. The number of likely N-dealkylation sites (tertiary alicyclic amines) is 1. The molecule has 28 heavy (non-hydrogen) atoms. The van der Waals surface area contributed by atoms with Crippen LogP contribution < -0.4 is 4.74 Å². The fourth-order valence-electron chi connectivity index (χ4n) is 5.09. The summed E-state index contributed by atoms with van der Waals surface area (Å²) in [7, 11) is 0. The van der Waals surface area contributed by atoms with Crippen molar-refractivity contribution in [3.05, 3.63) is 35.2 Å². The minimum Gasteiger partial charge on any atom is -0.463 e. The van der Waals surface area contributed by atoms with Crippen LogP contribution in [-0.2, 0) is 12.8 Å². The van der Waals surface area contributed by atoms with Gasteiger partial charge in [0.1, 0.15) is 0 Å². The van der Waals surface area contributed by atoms with Gasteiger partial charge in [-0.3, -0.25) is 4.79 Å². The number of nitrogens with zero attached hydrogens (tertiary/aromatic N) is 4. The van der Waals surface area contributed by atoms with Gasteiger partial charge in [0.2, 0.25) is 5.76 Å². The Balaban J connectivity index is 1.31. The molecule has 1 saturated carbocycles. The summed E-state index contributed by atoms with van der Waals surface area (Å²) in [5.41, 5.74) is 1.84. The largest absolute Gasteiger partial charge is 0.463 e. The lowest BCUT2D eigenvalue weighted by Crippen LogP contribution is -2.36. The first kappa shape index (κ1) is 17.6. The fraction of sp³-hybridized carbons (Fsp3) is 0.600. The molecular formula is C20H23FN4O3. The number of halogens is 1. The lowest BCUT2D eigenvalue weighted by Gasteiger charge is -2.28. The van der Waals surface area contributed by atoms with E-state index in [0.29, 0.717) is 31.4 Å². The number of rotatable bonds is 4. The Morgan fingerprint density at radius 2 is 2.11 bits per heavy atom. The lowest BCUT2D eigenvalue weighted by atomic mass is 9.82. The summed E-state index contributed by atoms with van der Waals surface area (Å²) in [6.07, 6.45) is 9.34. The van der Waals surface area contributed by atoms with Crippen LogP contribution in [0.25, 0.3) is 0 Å². The van der Waals surface area contributed by atoms with Crippen LogP contribution in [0.3, 0.4) is 0 Å². The van der Waals surface area contributed by atoms with Crippen LogP contribution in [0.5, 0.6) is 6.01 Å². The van der Waals surface area contributed by atoms with Crippen molar-refractivity contribution < 1.29 is 18.4 Å². The number of carbonyl (C=O) groups is 1. The van der Waals surface area contributed by atoms with Crippen LogP contribution >= 0.6 is 0 Å². The van der Waals surface area contributed by atoms with Crippen molar-refractivity contribution in [3.63, 3.8) is 0 Å². The highest BCUT2D eigenvalue weighted by Crippen LogP contribution is 2.49. The molecule has 3 heterocycles. The first-order valence-electron chi connectivity index (χ1n) is 10.0. The minimum absolute atomic E-state index is 0.0533. The monoisotopic (exact) mass is 386 g/mol. The normalized spacial score (nSPS) is 26.2. The number of aryl methyl sites for hydroxylation is 1. The zero-order chi connectivity index (χ0) is 19.1. The van der Waals surface area contributed by atoms with Gasteiger partial charge in [-0.05, 0) is 44.4 Å². The number of aromatic nitrogens is 3. The molecule has 0 spiro atoms. The van der Waals surface area contributed by atoms with E-state index in [0.717, 1.165) is 68.6 Å². The molecule has 1 aliphatic heterocycles. The molecule has 0 bridgehead atoms. The van der Waals surface area contributed by atoms with Crippen LogP contribution in [0.2, 0.25) is 0 Å². The zero-order valence-electron chi connectivity index (χ0n) is 15.7. The third-order valence-corrected chi connectivity index (χ3v) is 6.57. The highest BCUT2D eigenvalue weighted by Gasteiger charge is 2.52. The molecule has 7 nitrogen and oxygen atoms in total. The van der Waals surface area contributed by atoms with Gasteiger partial charge in [-0.2, -0.15) is 0 Å². The summed E-state index contributed by atoms with van der Waals surface area (Å²) in [5.74, 6) is 0.267. The highest BCUT2D eigenvalue weighted by atomic mass is 19.1. The Labute approximate surface area is 162 Å². The van der Waals surface area contributed by atoms with Crippen molar-refractivity contribution in [3.8, 4) is 6.01 Å². The van der Waals surface area contributed by atoms with E-state index >= 15 is 0 Å². The Hall–Kier alpha value is -2.51. The van der Waals surface area contributed by atoms with Crippen molar-refractivity contribution in [2.24, 2.45) is 11.3 Å². The van der Waals surface area contributed by atoms with Crippen molar-refractivity contribution in [2.75, 3.05) is 19.7 Å². The Bertz CT molecular complexity index is 884. The summed E-state index contributed by atoms with van der Waals surface area (Å²) in [4.78, 5) is 22.8. The summed E-state index contributed by atoms with van der Waals surface area (Å²) in [6.45, 7) is 1.77. The first-order valence-corrected chi connectivity index (χ1v) is 10.0. The molecule has 2 aliphatic carbocycles. The van der Waals surface area contributed by atoms with Gasteiger partial charge in [-0.15, -0.1) is 0 Å². The third-order valence-electron chi connectivity index (χ3n) is 6.57. The molecule has 3 aliphatic rings. The molecule has 1 amide bonds. The summed E-state index contributed by atoms with van der Waals surface area (Å²) < 4.78 is 24.3. The van der Waals surface area contributed by atoms with E-state index in [9.17, 15) is 9.18 Å². The molecule has 0 aromatic carbocycles.